The summed E-state index contributed by atoms with van der Waals surface area (Å²) >= 11 is 0. The predicted octanol–water partition coefficient (Wildman–Crippen LogP) is 2.86. The van der Waals surface area contributed by atoms with Crippen LogP contribution < -0.4 is 0 Å². The van der Waals surface area contributed by atoms with Gasteiger partial charge in [0.15, 0.2) is 0 Å². The number of phenolic OH excluding ortho intramolecular Hbond substituents is 2. The number of hydrogen-bond acceptors (Lipinski definition) is 4. The first-order chi connectivity index (χ1) is 9.26. The van der Waals surface area contributed by atoms with Gasteiger partial charge < -0.3 is 10.2 Å². The van der Waals surface area contributed by atoms with Crippen molar-refractivity contribution in [1.29, 1.82) is 0 Å². The van der Waals surface area contributed by atoms with Crippen LogP contribution in [0.25, 0.3) is 0 Å². The predicted molar refractivity (Wildman–Crippen MR) is 75.9 cm³/mol. The van der Waals surface area contributed by atoms with Crippen molar-refractivity contribution >= 4 is 9.84 Å². The van der Waals surface area contributed by atoms with E-state index < -0.39 is 9.84 Å². The molecule has 106 valence electrons. The molecule has 5 heteroatoms. The van der Waals surface area contributed by atoms with E-state index in [0.29, 0.717) is 16.7 Å². The van der Waals surface area contributed by atoms with Gasteiger partial charge in [-0.2, -0.15) is 0 Å². The molecule has 0 unspecified atom stereocenters. The topological polar surface area (TPSA) is 74.6 Å². The van der Waals surface area contributed by atoms with Crippen LogP contribution in [-0.2, 0) is 9.84 Å². The summed E-state index contributed by atoms with van der Waals surface area (Å²) in [4.78, 5) is 0.139. The van der Waals surface area contributed by atoms with Crippen molar-refractivity contribution in [2.45, 2.75) is 30.6 Å². The molecule has 0 heterocycles. The summed E-state index contributed by atoms with van der Waals surface area (Å²) in [5.74, 6) is -0.131. The molecule has 0 aliphatic heterocycles. The van der Waals surface area contributed by atoms with Gasteiger partial charge in [-0.3, -0.25) is 0 Å². The van der Waals surface area contributed by atoms with E-state index >= 15 is 0 Å². The van der Waals surface area contributed by atoms with E-state index in [-0.39, 0.29) is 21.3 Å². The molecule has 0 fully saturated rings. The van der Waals surface area contributed by atoms with Gasteiger partial charge in [0.2, 0.25) is 9.84 Å². The highest BCUT2D eigenvalue weighted by Crippen LogP contribution is 2.34. The number of benzene rings is 2. The summed E-state index contributed by atoms with van der Waals surface area (Å²) < 4.78 is 25.6. The maximum absolute atomic E-state index is 12.8. The van der Waals surface area contributed by atoms with Crippen LogP contribution in [0.3, 0.4) is 0 Å². The van der Waals surface area contributed by atoms with E-state index in [9.17, 15) is 18.6 Å². The highest BCUT2D eigenvalue weighted by molar-refractivity contribution is 7.91. The van der Waals surface area contributed by atoms with Crippen molar-refractivity contribution in [2.75, 3.05) is 0 Å². The average molecular weight is 292 g/mol. The SMILES string of the molecule is Cc1ccc(O)c(C)c1S(=O)(=O)c1cccc(O)c1C. The van der Waals surface area contributed by atoms with Crippen LogP contribution in [0.1, 0.15) is 16.7 Å². The molecule has 0 bridgehead atoms. The highest BCUT2D eigenvalue weighted by Gasteiger charge is 2.26. The van der Waals surface area contributed by atoms with Crippen molar-refractivity contribution in [3.05, 3.63) is 47.0 Å². The van der Waals surface area contributed by atoms with Crippen LogP contribution in [0.4, 0.5) is 0 Å². The largest absolute Gasteiger partial charge is 0.508 e. The fourth-order valence-electron chi connectivity index (χ4n) is 2.23. The molecular formula is C15H16O4S. The molecule has 2 rings (SSSR count). The Hall–Kier alpha value is -2.01. The smallest absolute Gasteiger partial charge is 0.207 e. The Morgan fingerprint density at radius 2 is 1.45 bits per heavy atom. The van der Waals surface area contributed by atoms with Gasteiger partial charge in [-0.1, -0.05) is 12.1 Å². The second kappa shape index (κ2) is 4.83. The summed E-state index contributed by atoms with van der Waals surface area (Å²) in [6, 6.07) is 7.42. The molecule has 0 aliphatic rings. The Balaban J connectivity index is 2.81. The van der Waals surface area contributed by atoms with Gasteiger partial charge in [0.25, 0.3) is 0 Å². The minimum absolute atomic E-state index is 0.0503. The molecule has 0 aliphatic carbocycles. The second-order valence-corrected chi connectivity index (χ2v) is 6.61. The summed E-state index contributed by atoms with van der Waals surface area (Å²) in [5.41, 5.74) is 1.17. The third kappa shape index (κ3) is 2.14. The average Bonchev–Trinajstić information content (AvgIpc) is 2.37. The Bertz CT molecular complexity index is 777. The van der Waals surface area contributed by atoms with E-state index in [1.165, 1.54) is 24.3 Å². The zero-order valence-electron chi connectivity index (χ0n) is 11.5. The van der Waals surface area contributed by atoms with Crippen LogP contribution in [-0.4, -0.2) is 18.6 Å². The fraction of sp³-hybridized carbons (Fsp3) is 0.200. The van der Waals surface area contributed by atoms with Crippen LogP contribution in [0.15, 0.2) is 40.1 Å². The lowest BCUT2D eigenvalue weighted by molar-refractivity contribution is 0.467. The number of phenols is 2. The molecule has 2 N–H and O–H groups in total. The summed E-state index contributed by atoms with van der Waals surface area (Å²) in [7, 11) is -3.80. The lowest BCUT2D eigenvalue weighted by Crippen LogP contribution is -2.08. The zero-order chi connectivity index (χ0) is 15.1. The van der Waals surface area contributed by atoms with Gasteiger partial charge in [-0.25, -0.2) is 8.42 Å². The number of sulfone groups is 1. The third-order valence-electron chi connectivity index (χ3n) is 3.39. The lowest BCUT2D eigenvalue weighted by Gasteiger charge is -2.14. The van der Waals surface area contributed by atoms with Gasteiger partial charge >= 0.3 is 0 Å². The molecule has 4 nitrogen and oxygen atoms in total. The van der Waals surface area contributed by atoms with Gasteiger partial charge in [0.05, 0.1) is 9.79 Å². The van der Waals surface area contributed by atoms with Gasteiger partial charge in [0.1, 0.15) is 11.5 Å². The summed E-state index contributed by atoms with van der Waals surface area (Å²) in [6.45, 7) is 4.79. The lowest BCUT2D eigenvalue weighted by atomic mass is 10.1. The van der Waals surface area contributed by atoms with Gasteiger partial charge in [-0.15, -0.1) is 0 Å². The van der Waals surface area contributed by atoms with Crippen molar-refractivity contribution in [2.24, 2.45) is 0 Å². The minimum Gasteiger partial charge on any atom is -0.508 e. The Labute approximate surface area is 118 Å². The quantitative estimate of drug-likeness (QED) is 0.892. The van der Waals surface area contributed by atoms with Crippen LogP contribution in [0.2, 0.25) is 0 Å². The molecule has 0 amide bonds. The first kappa shape index (κ1) is 14.4. The number of aryl methyl sites for hydroxylation is 1. The third-order valence-corrected chi connectivity index (χ3v) is 5.57. The van der Waals surface area contributed by atoms with Crippen LogP contribution in [0, 0.1) is 20.8 Å². The maximum atomic E-state index is 12.8. The van der Waals surface area contributed by atoms with E-state index in [0.717, 1.165) is 0 Å². The van der Waals surface area contributed by atoms with Crippen molar-refractivity contribution in [3.63, 3.8) is 0 Å². The molecule has 20 heavy (non-hydrogen) atoms. The molecule has 0 atom stereocenters. The molecule has 0 saturated heterocycles. The van der Waals surface area contributed by atoms with E-state index in [1.807, 2.05) is 0 Å². The minimum atomic E-state index is -3.80. The molecule has 0 saturated carbocycles. The fourth-order valence-corrected chi connectivity index (χ4v) is 4.22. The standard InChI is InChI=1S/C15H16O4S/c1-9-7-8-13(17)11(3)15(9)20(18,19)14-6-4-5-12(16)10(14)2/h4-8,16-17H,1-3H3. The number of rotatable bonds is 2. The van der Waals surface area contributed by atoms with Crippen LogP contribution in [0.5, 0.6) is 11.5 Å². The van der Waals surface area contributed by atoms with Gasteiger partial charge in [-0.05, 0) is 44.5 Å². The molecular weight excluding hydrogens is 276 g/mol. The van der Waals surface area contributed by atoms with Gasteiger partial charge in [0, 0.05) is 11.1 Å². The molecule has 2 aromatic carbocycles. The first-order valence-electron chi connectivity index (χ1n) is 6.09. The Kier molecular flexibility index (Phi) is 3.48. The Morgan fingerprint density at radius 3 is 2.10 bits per heavy atom. The molecule has 0 aromatic heterocycles. The molecule has 0 spiro atoms. The maximum Gasteiger partial charge on any atom is 0.207 e. The number of aromatic hydroxyl groups is 2. The summed E-state index contributed by atoms with van der Waals surface area (Å²) in [5, 5.41) is 19.4. The monoisotopic (exact) mass is 292 g/mol. The van der Waals surface area contributed by atoms with E-state index in [1.54, 1.807) is 26.8 Å². The Morgan fingerprint density at radius 1 is 0.850 bits per heavy atom. The van der Waals surface area contributed by atoms with Crippen molar-refractivity contribution in [3.8, 4) is 11.5 Å². The summed E-state index contributed by atoms with van der Waals surface area (Å²) in [6.07, 6.45) is 0. The normalized spacial score (nSPS) is 11.6. The highest BCUT2D eigenvalue weighted by atomic mass is 32.2. The molecule has 0 radical (unpaired) electrons. The first-order valence-corrected chi connectivity index (χ1v) is 7.58. The zero-order valence-corrected chi connectivity index (χ0v) is 12.3. The van der Waals surface area contributed by atoms with E-state index in [2.05, 4.69) is 0 Å². The van der Waals surface area contributed by atoms with Crippen molar-refractivity contribution < 1.29 is 18.6 Å². The number of hydrogen-bond donors (Lipinski definition) is 2. The van der Waals surface area contributed by atoms with Crippen LogP contribution >= 0.6 is 0 Å². The second-order valence-electron chi connectivity index (χ2n) is 4.76. The van der Waals surface area contributed by atoms with Crippen molar-refractivity contribution in [1.82, 2.24) is 0 Å². The molecule has 2 aromatic rings. The van der Waals surface area contributed by atoms with E-state index in [4.69, 9.17) is 0 Å².